The van der Waals surface area contributed by atoms with Crippen molar-refractivity contribution in [3.63, 3.8) is 0 Å². The minimum absolute atomic E-state index is 0.0344. The van der Waals surface area contributed by atoms with Gasteiger partial charge in [0.25, 0.3) is 0 Å². The van der Waals surface area contributed by atoms with E-state index in [0.29, 0.717) is 6.54 Å². The van der Waals surface area contributed by atoms with Crippen LogP contribution in [-0.4, -0.2) is 34.0 Å². The van der Waals surface area contributed by atoms with E-state index < -0.39 is 11.5 Å². The van der Waals surface area contributed by atoms with Crippen LogP contribution in [0.5, 0.6) is 0 Å². The third-order valence-electron chi connectivity index (χ3n) is 4.37. The van der Waals surface area contributed by atoms with Crippen LogP contribution in [0.25, 0.3) is 0 Å². The molecule has 17 heavy (non-hydrogen) atoms. The molecular formula is C13H21NO3. The Hall–Kier alpha value is -1.06. The molecule has 1 N–H and O–H groups in total. The van der Waals surface area contributed by atoms with E-state index >= 15 is 0 Å². The molecule has 0 aromatic carbocycles. The van der Waals surface area contributed by atoms with Crippen molar-refractivity contribution in [2.75, 3.05) is 6.54 Å². The second-order valence-corrected chi connectivity index (χ2v) is 5.87. The van der Waals surface area contributed by atoms with Crippen LogP contribution in [0, 0.1) is 17.8 Å². The van der Waals surface area contributed by atoms with E-state index in [-0.39, 0.29) is 11.8 Å². The van der Waals surface area contributed by atoms with Gasteiger partial charge < -0.3 is 10.0 Å². The van der Waals surface area contributed by atoms with Gasteiger partial charge in [-0.1, -0.05) is 0 Å². The first-order valence-corrected chi connectivity index (χ1v) is 6.42. The molecule has 0 aromatic heterocycles. The summed E-state index contributed by atoms with van der Waals surface area (Å²) in [6.45, 7) is 5.51. The molecule has 0 spiro atoms. The fourth-order valence-electron chi connectivity index (χ4n) is 3.08. The first-order chi connectivity index (χ1) is 7.87. The molecule has 0 radical (unpaired) electrons. The second-order valence-electron chi connectivity index (χ2n) is 5.87. The quantitative estimate of drug-likeness (QED) is 0.813. The number of carbonyl (C=O) groups excluding carboxylic acids is 1. The zero-order valence-electron chi connectivity index (χ0n) is 10.8. The first kappa shape index (κ1) is 12.4. The number of hydrogen-bond donors (Lipinski definition) is 1. The van der Waals surface area contributed by atoms with Crippen LogP contribution >= 0.6 is 0 Å². The van der Waals surface area contributed by atoms with Gasteiger partial charge in [-0.15, -0.1) is 0 Å². The predicted molar refractivity (Wildman–Crippen MR) is 63.4 cm³/mol. The molecule has 1 amide bonds. The van der Waals surface area contributed by atoms with Crippen molar-refractivity contribution in [2.45, 2.75) is 45.6 Å². The maximum atomic E-state index is 12.4. The third-order valence-corrected chi connectivity index (χ3v) is 4.37. The highest BCUT2D eigenvalue weighted by Gasteiger charge is 2.50. The van der Waals surface area contributed by atoms with Crippen LogP contribution in [0.15, 0.2) is 0 Å². The molecule has 0 heterocycles. The Kier molecular flexibility index (Phi) is 2.92. The highest BCUT2D eigenvalue weighted by Crippen LogP contribution is 2.54. The smallest absolute Gasteiger partial charge is 0.329 e. The summed E-state index contributed by atoms with van der Waals surface area (Å²) < 4.78 is 0. The summed E-state index contributed by atoms with van der Waals surface area (Å²) in [6.07, 6.45) is 3.21. The van der Waals surface area contributed by atoms with Crippen LogP contribution < -0.4 is 0 Å². The maximum Gasteiger partial charge on any atom is 0.329 e. The van der Waals surface area contributed by atoms with E-state index in [1.165, 1.54) is 11.3 Å². The summed E-state index contributed by atoms with van der Waals surface area (Å²) in [6, 6.07) is 0. The monoisotopic (exact) mass is 239 g/mol. The Morgan fingerprint density at radius 3 is 2.18 bits per heavy atom. The molecule has 96 valence electrons. The lowest BCUT2D eigenvalue weighted by Crippen LogP contribution is -2.54. The molecule has 2 unspecified atom stereocenters. The van der Waals surface area contributed by atoms with Crippen LogP contribution in [0.4, 0.5) is 0 Å². The molecule has 2 aliphatic rings. The van der Waals surface area contributed by atoms with Crippen molar-refractivity contribution >= 4 is 11.9 Å². The van der Waals surface area contributed by atoms with Crippen molar-refractivity contribution < 1.29 is 14.7 Å². The van der Waals surface area contributed by atoms with Gasteiger partial charge in [-0.2, -0.15) is 0 Å². The number of hydrogen-bond acceptors (Lipinski definition) is 2. The van der Waals surface area contributed by atoms with Crippen LogP contribution in [0.3, 0.4) is 0 Å². The van der Waals surface area contributed by atoms with Gasteiger partial charge in [-0.25, -0.2) is 4.79 Å². The van der Waals surface area contributed by atoms with Crippen molar-refractivity contribution in [1.82, 2.24) is 4.90 Å². The van der Waals surface area contributed by atoms with Gasteiger partial charge in [0.2, 0.25) is 5.91 Å². The van der Waals surface area contributed by atoms with E-state index in [0.717, 1.165) is 24.7 Å². The molecule has 2 saturated carbocycles. The van der Waals surface area contributed by atoms with E-state index in [1.54, 1.807) is 13.8 Å². The summed E-state index contributed by atoms with van der Waals surface area (Å²) in [7, 11) is 0. The van der Waals surface area contributed by atoms with Crippen LogP contribution in [-0.2, 0) is 9.59 Å². The summed E-state index contributed by atoms with van der Waals surface area (Å²) in [5.74, 6) is 0.659. The van der Waals surface area contributed by atoms with E-state index in [9.17, 15) is 14.7 Å². The highest BCUT2D eigenvalue weighted by atomic mass is 16.4. The molecule has 2 fully saturated rings. The lowest BCUT2D eigenvalue weighted by Gasteiger charge is -2.36. The molecule has 4 nitrogen and oxygen atoms in total. The average Bonchev–Trinajstić information content (AvgIpc) is 2.86. The standard InChI is InChI=1S/C13H21NO3/c1-4-14(13(2,3)12(16)17)11(15)10-6-8-5-9(8)7-10/h8-10H,4-7H2,1-3H3,(H,16,17). The molecule has 0 saturated heterocycles. The fourth-order valence-corrected chi connectivity index (χ4v) is 3.08. The molecule has 0 aromatic rings. The Labute approximate surface area is 102 Å². The van der Waals surface area contributed by atoms with E-state index in [1.807, 2.05) is 6.92 Å². The second kappa shape index (κ2) is 4.00. The minimum Gasteiger partial charge on any atom is -0.480 e. The van der Waals surface area contributed by atoms with Gasteiger partial charge in [0, 0.05) is 12.5 Å². The molecule has 2 aliphatic carbocycles. The number of amides is 1. The summed E-state index contributed by atoms with van der Waals surface area (Å²) >= 11 is 0. The maximum absolute atomic E-state index is 12.4. The van der Waals surface area contributed by atoms with Crippen molar-refractivity contribution in [2.24, 2.45) is 17.8 Å². The van der Waals surface area contributed by atoms with E-state index in [2.05, 4.69) is 0 Å². The minimum atomic E-state index is -1.10. The average molecular weight is 239 g/mol. The first-order valence-electron chi connectivity index (χ1n) is 6.42. The number of carboxylic acids is 1. The molecule has 0 bridgehead atoms. The Balaban J connectivity index is 2.07. The Morgan fingerprint density at radius 2 is 1.76 bits per heavy atom. The third kappa shape index (κ3) is 2.05. The van der Waals surface area contributed by atoms with E-state index in [4.69, 9.17) is 0 Å². The topological polar surface area (TPSA) is 57.6 Å². The lowest BCUT2D eigenvalue weighted by atomic mass is 9.96. The number of aliphatic carboxylic acids is 1. The summed E-state index contributed by atoms with van der Waals surface area (Å²) in [5.41, 5.74) is -1.10. The number of carboxylic acid groups (broad SMARTS) is 1. The van der Waals surface area contributed by atoms with Gasteiger partial charge in [-0.3, -0.25) is 4.79 Å². The van der Waals surface area contributed by atoms with Crippen molar-refractivity contribution in [3.05, 3.63) is 0 Å². The van der Waals surface area contributed by atoms with Crippen molar-refractivity contribution in [3.8, 4) is 0 Å². The molecule has 4 heteroatoms. The number of rotatable bonds is 4. The van der Waals surface area contributed by atoms with Gasteiger partial charge in [0.1, 0.15) is 5.54 Å². The number of likely N-dealkylation sites (N-methyl/N-ethyl adjacent to an activating group) is 1. The summed E-state index contributed by atoms with van der Waals surface area (Å²) in [4.78, 5) is 25.1. The fraction of sp³-hybridized carbons (Fsp3) is 0.846. The molecular weight excluding hydrogens is 218 g/mol. The largest absolute Gasteiger partial charge is 0.480 e. The van der Waals surface area contributed by atoms with Gasteiger partial charge in [-0.05, 0) is 51.9 Å². The number of fused-ring (bicyclic) bond motifs is 1. The Bertz CT molecular complexity index is 341. The zero-order chi connectivity index (χ0) is 12.8. The van der Waals surface area contributed by atoms with Crippen LogP contribution in [0.2, 0.25) is 0 Å². The normalized spacial score (nSPS) is 30.9. The summed E-state index contributed by atoms with van der Waals surface area (Å²) in [5, 5.41) is 9.20. The lowest BCUT2D eigenvalue weighted by molar-refractivity contribution is -0.158. The molecule has 2 rings (SSSR count). The Morgan fingerprint density at radius 1 is 1.24 bits per heavy atom. The molecule has 2 atom stereocenters. The van der Waals surface area contributed by atoms with Gasteiger partial charge in [0.15, 0.2) is 0 Å². The van der Waals surface area contributed by atoms with Gasteiger partial charge >= 0.3 is 5.97 Å². The van der Waals surface area contributed by atoms with Gasteiger partial charge in [0.05, 0.1) is 0 Å². The van der Waals surface area contributed by atoms with Crippen molar-refractivity contribution in [1.29, 1.82) is 0 Å². The number of carbonyl (C=O) groups is 2. The zero-order valence-corrected chi connectivity index (χ0v) is 10.8. The highest BCUT2D eigenvalue weighted by molar-refractivity contribution is 5.87. The number of nitrogens with zero attached hydrogens (tertiary/aromatic N) is 1. The SMILES string of the molecule is CCN(C(=O)C1CC2CC2C1)C(C)(C)C(=O)O. The van der Waals surface area contributed by atoms with Crippen LogP contribution in [0.1, 0.15) is 40.0 Å². The molecule has 0 aliphatic heterocycles. The predicted octanol–water partition coefficient (Wildman–Crippen LogP) is 1.74.